The van der Waals surface area contributed by atoms with Crippen molar-refractivity contribution >= 4 is 17.4 Å². The van der Waals surface area contributed by atoms with Crippen LogP contribution in [0.4, 0.5) is 5.82 Å². The fraction of sp³-hybridized carbons (Fsp3) is 0.286. The molecular weight excluding hydrogens is 148 g/mol. The van der Waals surface area contributed by atoms with E-state index in [0.29, 0.717) is 5.02 Å². The van der Waals surface area contributed by atoms with Crippen LogP contribution in [-0.2, 0) is 0 Å². The molecule has 1 rings (SSSR count). The van der Waals surface area contributed by atoms with Crippen LogP contribution < -0.4 is 5.32 Å². The van der Waals surface area contributed by atoms with Crippen LogP contribution in [0.15, 0.2) is 18.3 Å². The van der Waals surface area contributed by atoms with Gasteiger partial charge < -0.3 is 5.32 Å². The average Bonchev–Trinajstić information content (AvgIpc) is 1.88. The van der Waals surface area contributed by atoms with Gasteiger partial charge in [0.1, 0.15) is 5.82 Å². The summed E-state index contributed by atoms with van der Waals surface area (Å²) in [5.41, 5.74) is 0. The Morgan fingerprint density at radius 1 is 1.70 bits per heavy atom. The van der Waals surface area contributed by atoms with Gasteiger partial charge in [-0.15, -0.1) is 0 Å². The summed E-state index contributed by atoms with van der Waals surface area (Å²) in [6.45, 7) is 2.88. The van der Waals surface area contributed by atoms with Crippen LogP contribution in [0.1, 0.15) is 6.92 Å². The van der Waals surface area contributed by atoms with Crippen LogP contribution in [0.2, 0.25) is 5.02 Å². The van der Waals surface area contributed by atoms with Gasteiger partial charge in [-0.25, -0.2) is 4.98 Å². The lowest BCUT2D eigenvalue weighted by Gasteiger charge is -1.99. The van der Waals surface area contributed by atoms with Crippen LogP contribution in [0.5, 0.6) is 0 Å². The number of aromatic nitrogens is 1. The number of rotatable bonds is 2. The van der Waals surface area contributed by atoms with Gasteiger partial charge in [0, 0.05) is 17.8 Å². The summed E-state index contributed by atoms with van der Waals surface area (Å²) in [6.07, 6.45) is 1.68. The third kappa shape index (κ3) is 1.88. The second kappa shape index (κ2) is 3.42. The van der Waals surface area contributed by atoms with Gasteiger partial charge in [0.2, 0.25) is 0 Å². The Morgan fingerprint density at radius 3 is 3.10 bits per heavy atom. The first kappa shape index (κ1) is 7.35. The van der Waals surface area contributed by atoms with E-state index in [2.05, 4.69) is 10.3 Å². The smallest absolute Gasteiger partial charge is 0.127 e. The monoisotopic (exact) mass is 156 g/mol. The van der Waals surface area contributed by atoms with Gasteiger partial charge >= 0.3 is 0 Å². The molecule has 0 radical (unpaired) electrons. The van der Waals surface area contributed by atoms with Crippen molar-refractivity contribution in [3.8, 4) is 0 Å². The predicted molar refractivity (Wildman–Crippen MR) is 43.4 cm³/mol. The van der Waals surface area contributed by atoms with Crippen LogP contribution in [0, 0.1) is 0 Å². The summed E-state index contributed by atoms with van der Waals surface area (Å²) in [7, 11) is 0. The number of nitrogens with one attached hydrogen (secondary N) is 1. The SMILES string of the molecule is CCNc1cc(Cl)ccn1. The van der Waals surface area contributed by atoms with Crippen molar-refractivity contribution in [3.05, 3.63) is 23.4 Å². The highest BCUT2D eigenvalue weighted by Gasteiger charge is 1.90. The maximum Gasteiger partial charge on any atom is 0.127 e. The third-order valence-electron chi connectivity index (χ3n) is 1.08. The van der Waals surface area contributed by atoms with Gasteiger partial charge in [-0.2, -0.15) is 0 Å². The van der Waals surface area contributed by atoms with Gasteiger partial charge in [-0.05, 0) is 19.1 Å². The van der Waals surface area contributed by atoms with E-state index in [0.717, 1.165) is 12.4 Å². The molecule has 0 aromatic carbocycles. The number of nitrogens with zero attached hydrogens (tertiary/aromatic N) is 1. The van der Waals surface area contributed by atoms with E-state index < -0.39 is 0 Å². The molecule has 0 bridgehead atoms. The Bertz CT molecular complexity index is 213. The number of pyridine rings is 1. The molecule has 1 aromatic rings. The van der Waals surface area contributed by atoms with Crippen molar-refractivity contribution in [1.82, 2.24) is 4.98 Å². The minimum Gasteiger partial charge on any atom is -0.370 e. The lowest BCUT2D eigenvalue weighted by atomic mass is 10.4. The van der Waals surface area contributed by atoms with Crippen molar-refractivity contribution in [1.29, 1.82) is 0 Å². The summed E-state index contributed by atoms with van der Waals surface area (Å²) < 4.78 is 0. The summed E-state index contributed by atoms with van der Waals surface area (Å²) in [5.74, 6) is 0.829. The predicted octanol–water partition coefficient (Wildman–Crippen LogP) is 2.17. The standard InChI is InChI=1S/C7H9ClN2/c1-2-9-7-5-6(8)3-4-10-7/h3-5H,2H2,1H3,(H,9,10). The van der Waals surface area contributed by atoms with Crippen LogP contribution in [0.25, 0.3) is 0 Å². The van der Waals surface area contributed by atoms with Gasteiger partial charge in [0.25, 0.3) is 0 Å². The Kier molecular flexibility index (Phi) is 2.51. The molecule has 0 aliphatic heterocycles. The highest BCUT2D eigenvalue weighted by Crippen LogP contribution is 2.10. The maximum atomic E-state index is 5.70. The zero-order valence-electron chi connectivity index (χ0n) is 5.76. The third-order valence-corrected chi connectivity index (χ3v) is 1.31. The molecule has 0 aliphatic carbocycles. The number of halogens is 1. The van der Waals surface area contributed by atoms with Crippen molar-refractivity contribution in [2.75, 3.05) is 11.9 Å². The Morgan fingerprint density at radius 2 is 2.50 bits per heavy atom. The minimum absolute atomic E-state index is 0.714. The molecule has 3 heteroatoms. The van der Waals surface area contributed by atoms with Gasteiger partial charge in [0.05, 0.1) is 0 Å². The fourth-order valence-corrected chi connectivity index (χ4v) is 0.842. The summed E-state index contributed by atoms with van der Waals surface area (Å²) >= 11 is 5.70. The second-order valence-electron chi connectivity index (χ2n) is 1.89. The largest absolute Gasteiger partial charge is 0.370 e. The molecule has 0 spiro atoms. The first-order valence-electron chi connectivity index (χ1n) is 3.18. The fourth-order valence-electron chi connectivity index (χ4n) is 0.683. The molecule has 1 aromatic heterocycles. The molecule has 0 amide bonds. The number of anilines is 1. The molecule has 10 heavy (non-hydrogen) atoms. The second-order valence-corrected chi connectivity index (χ2v) is 2.33. The van der Waals surface area contributed by atoms with Crippen molar-refractivity contribution in [2.45, 2.75) is 6.92 Å². The molecule has 54 valence electrons. The highest BCUT2D eigenvalue weighted by atomic mass is 35.5. The maximum absolute atomic E-state index is 5.70. The summed E-state index contributed by atoms with van der Waals surface area (Å²) in [4.78, 5) is 4.03. The molecule has 2 nitrogen and oxygen atoms in total. The molecule has 0 aliphatic rings. The van der Waals surface area contributed by atoms with E-state index in [4.69, 9.17) is 11.6 Å². The number of hydrogen-bond donors (Lipinski definition) is 1. The van der Waals surface area contributed by atoms with E-state index in [1.54, 1.807) is 18.3 Å². The number of hydrogen-bond acceptors (Lipinski definition) is 2. The molecule has 1 heterocycles. The Hall–Kier alpha value is -0.760. The summed E-state index contributed by atoms with van der Waals surface area (Å²) in [6, 6.07) is 3.55. The molecule has 0 atom stereocenters. The van der Waals surface area contributed by atoms with Crippen molar-refractivity contribution in [3.63, 3.8) is 0 Å². The zero-order valence-corrected chi connectivity index (χ0v) is 6.52. The summed E-state index contributed by atoms with van der Waals surface area (Å²) in [5, 5.41) is 3.77. The first-order chi connectivity index (χ1) is 4.83. The minimum atomic E-state index is 0.714. The van der Waals surface area contributed by atoms with Crippen LogP contribution >= 0.6 is 11.6 Å². The van der Waals surface area contributed by atoms with E-state index in [1.165, 1.54) is 0 Å². The first-order valence-corrected chi connectivity index (χ1v) is 3.56. The van der Waals surface area contributed by atoms with Crippen molar-refractivity contribution in [2.24, 2.45) is 0 Å². The van der Waals surface area contributed by atoms with E-state index in [9.17, 15) is 0 Å². The molecule has 0 fully saturated rings. The quantitative estimate of drug-likeness (QED) is 0.710. The lowest BCUT2D eigenvalue weighted by Crippen LogP contribution is -1.97. The van der Waals surface area contributed by atoms with Crippen LogP contribution in [0.3, 0.4) is 0 Å². The molecule has 0 saturated carbocycles. The Labute approximate surface area is 65.2 Å². The molecule has 1 N–H and O–H groups in total. The molecule has 0 saturated heterocycles. The van der Waals surface area contributed by atoms with Crippen molar-refractivity contribution < 1.29 is 0 Å². The van der Waals surface area contributed by atoms with Crippen LogP contribution in [-0.4, -0.2) is 11.5 Å². The van der Waals surface area contributed by atoms with E-state index >= 15 is 0 Å². The van der Waals surface area contributed by atoms with Gasteiger partial charge in [-0.1, -0.05) is 11.6 Å². The molecule has 0 unspecified atom stereocenters. The molecular formula is C7H9ClN2. The highest BCUT2D eigenvalue weighted by molar-refractivity contribution is 6.30. The van der Waals surface area contributed by atoms with Gasteiger partial charge in [-0.3, -0.25) is 0 Å². The van der Waals surface area contributed by atoms with E-state index in [-0.39, 0.29) is 0 Å². The Balaban J connectivity index is 2.75. The topological polar surface area (TPSA) is 24.9 Å². The van der Waals surface area contributed by atoms with Gasteiger partial charge in [0.15, 0.2) is 0 Å². The average molecular weight is 157 g/mol. The van der Waals surface area contributed by atoms with E-state index in [1.807, 2.05) is 6.92 Å². The normalized spacial score (nSPS) is 9.40. The zero-order chi connectivity index (χ0) is 7.40. The lowest BCUT2D eigenvalue weighted by molar-refractivity contribution is 1.16.